The molecule has 16 heavy (non-hydrogen) atoms. The lowest BCUT2D eigenvalue weighted by Crippen LogP contribution is -2.02. The first-order chi connectivity index (χ1) is 7.63. The van der Waals surface area contributed by atoms with Crippen molar-refractivity contribution in [1.82, 2.24) is 0 Å². The third-order valence-corrected chi connectivity index (χ3v) is 2.31. The van der Waals surface area contributed by atoms with Crippen molar-refractivity contribution in [2.24, 2.45) is 0 Å². The Morgan fingerprint density at radius 3 is 2.38 bits per heavy atom. The van der Waals surface area contributed by atoms with Gasteiger partial charge in [0.05, 0.1) is 19.8 Å². The molecule has 0 aliphatic carbocycles. The fourth-order valence-electron chi connectivity index (χ4n) is 1.31. The van der Waals surface area contributed by atoms with Crippen molar-refractivity contribution < 1.29 is 19.4 Å². The summed E-state index contributed by atoms with van der Waals surface area (Å²) in [6.07, 6.45) is 0.171. The highest BCUT2D eigenvalue weighted by Gasteiger charge is 2.15. The largest absolute Gasteiger partial charge is 0.507 e. The number of ketones is 1. The molecule has 0 unspecified atom stereocenters. The number of phenols is 1. The molecule has 0 atom stereocenters. The molecule has 0 radical (unpaired) electrons. The number of rotatable bonds is 5. The monoisotopic (exact) mass is 244 g/mol. The van der Waals surface area contributed by atoms with Crippen molar-refractivity contribution >= 4 is 17.4 Å². The predicted molar refractivity (Wildman–Crippen MR) is 60.9 cm³/mol. The molecule has 0 aliphatic heterocycles. The second kappa shape index (κ2) is 5.61. The van der Waals surface area contributed by atoms with Crippen molar-refractivity contribution in [2.75, 3.05) is 20.1 Å². The van der Waals surface area contributed by atoms with Gasteiger partial charge in [0.25, 0.3) is 0 Å². The van der Waals surface area contributed by atoms with Gasteiger partial charge in [-0.05, 0) is 6.07 Å². The van der Waals surface area contributed by atoms with Gasteiger partial charge in [0, 0.05) is 18.4 Å². The maximum atomic E-state index is 11.6. The van der Waals surface area contributed by atoms with E-state index in [1.54, 1.807) is 0 Å². The van der Waals surface area contributed by atoms with Crippen LogP contribution >= 0.6 is 11.6 Å². The van der Waals surface area contributed by atoms with Gasteiger partial charge in [-0.25, -0.2) is 0 Å². The van der Waals surface area contributed by atoms with Gasteiger partial charge < -0.3 is 14.6 Å². The van der Waals surface area contributed by atoms with Gasteiger partial charge in [0.1, 0.15) is 5.75 Å². The number of phenolic OH excluding ortho intramolecular Hbond substituents is 1. The normalized spacial score (nSPS) is 9.94. The van der Waals surface area contributed by atoms with Crippen molar-refractivity contribution in [3.63, 3.8) is 0 Å². The molecule has 1 aromatic rings. The van der Waals surface area contributed by atoms with Gasteiger partial charge in [0.2, 0.25) is 0 Å². The van der Waals surface area contributed by atoms with E-state index in [2.05, 4.69) is 0 Å². The Kier molecular flexibility index (Phi) is 4.43. The molecule has 0 saturated carbocycles. The summed E-state index contributed by atoms with van der Waals surface area (Å²) >= 11 is 5.47. The highest BCUT2D eigenvalue weighted by Crippen LogP contribution is 2.34. The summed E-state index contributed by atoms with van der Waals surface area (Å²) in [5.74, 6) is 0.633. The van der Waals surface area contributed by atoms with Crippen molar-refractivity contribution in [3.05, 3.63) is 17.7 Å². The molecule has 1 N–H and O–H groups in total. The van der Waals surface area contributed by atoms with Crippen LogP contribution in [0.15, 0.2) is 12.1 Å². The molecular formula is C11H13ClO4. The first-order valence-corrected chi connectivity index (χ1v) is 5.21. The Morgan fingerprint density at radius 1 is 1.31 bits per heavy atom. The number of benzene rings is 1. The Bertz CT molecular complexity index is 390. The lowest BCUT2D eigenvalue weighted by atomic mass is 10.1. The Labute approximate surface area is 98.7 Å². The zero-order valence-corrected chi connectivity index (χ0v) is 9.87. The van der Waals surface area contributed by atoms with Gasteiger partial charge in [-0.15, -0.1) is 11.6 Å². The fourth-order valence-corrected chi connectivity index (χ4v) is 1.48. The summed E-state index contributed by atoms with van der Waals surface area (Å²) < 4.78 is 10.0. The number of carbonyl (C=O) groups is 1. The van der Waals surface area contributed by atoms with Gasteiger partial charge >= 0.3 is 0 Å². The van der Waals surface area contributed by atoms with E-state index < -0.39 is 0 Å². The molecule has 1 aromatic carbocycles. The van der Waals surface area contributed by atoms with E-state index in [1.165, 1.54) is 26.4 Å². The quantitative estimate of drug-likeness (QED) is 0.637. The molecule has 0 aromatic heterocycles. The van der Waals surface area contributed by atoms with Crippen LogP contribution < -0.4 is 9.47 Å². The molecule has 0 spiro atoms. The van der Waals surface area contributed by atoms with Crippen LogP contribution in [-0.4, -0.2) is 31.0 Å². The van der Waals surface area contributed by atoms with E-state index in [0.29, 0.717) is 11.5 Å². The second-order valence-corrected chi connectivity index (χ2v) is 3.46. The van der Waals surface area contributed by atoms with Crippen LogP contribution in [0.2, 0.25) is 0 Å². The highest BCUT2D eigenvalue weighted by molar-refractivity contribution is 6.19. The average Bonchev–Trinajstić information content (AvgIpc) is 2.28. The number of hydrogen-bond donors (Lipinski definition) is 1. The molecular weight excluding hydrogens is 232 g/mol. The molecule has 5 heteroatoms. The summed E-state index contributed by atoms with van der Waals surface area (Å²) in [5, 5.41) is 9.64. The summed E-state index contributed by atoms with van der Waals surface area (Å²) in [5.41, 5.74) is 0.193. The predicted octanol–water partition coefficient (Wildman–Crippen LogP) is 2.22. The van der Waals surface area contributed by atoms with Gasteiger partial charge in [-0.2, -0.15) is 0 Å². The van der Waals surface area contributed by atoms with E-state index >= 15 is 0 Å². The molecule has 0 amide bonds. The standard InChI is InChI=1S/C11H13ClO4/c1-15-10-5-7(8(13)3-4-12)9(14)6-11(10)16-2/h5-6,14H,3-4H2,1-2H3. The fraction of sp³-hybridized carbons (Fsp3) is 0.364. The van der Waals surface area contributed by atoms with Crippen LogP contribution in [0.25, 0.3) is 0 Å². The van der Waals surface area contributed by atoms with Crippen molar-refractivity contribution in [2.45, 2.75) is 6.42 Å². The summed E-state index contributed by atoms with van der Waals surface area (Å²) in [6.45, 7) is 0. The smallest absolute Gasteiger partial charge is 0.167 e. The van der Waals surface area contributed by atoms with E-state index in [4.69, 9.17) is 21.1 Å². The average molecular weight is 245 g/mol. The maximum Gasteiger partial charge on any atom is 0.167 e. The minimum atomic E-state index is -0.228. The number of alkyl halides is 1. The second-order valence-electron chi connectivity index (χ2n) is 3.09. The summed E-state index contributed by atoms with van der Waals surface area (Å²) in [4.78, 5) is 11.6. The summed E-state index contributed by atoms with van der Waals surface area (Å²) in [6, 6.07) is 2.79. The van der Waals surface area contributed by atoms with E-state index in [0.717, 1.165) is 0 Å². The number of carbonyl (C=O) groups excluding carboxylic acids is 1. The Balaban J connectivity index is 3.15. The zero-order chi connectivity index (χ0) is 12.1. The summed E-state index contributed by atoms with van der Waals surface area (Å²) in [7, 11) is 2.92. The maximum absolute atomic E-state index is 11.6. The van der Waals surface area contributed by atoms with Gasteiger partial charge in [-0.3, -0.25) is 4.79 Å². The first kappa shape index (κ1) is 12.6. The third kappa shape index (κ3) is 2.58. The molecule has 0 aliphatic rings. The number of aromatic hydroxyl groups is 1. The minimum absolute atomic E-state index is 0.132. The van der Waals surface area contributed by atoms with Crippen LogP contribution in [0.5, 0.6) is 17.2 Å². The van der Waals surface area contributed by atoms with Crippen molar-refractivity contribution in [1.29, 1.82) is 0 Å². The van der Waals surface area contributed by atoms with Gasteiger partial charge in [0.15, 0.2) is 17.3 Å². The molecule has 0 saturated heterocycles. The van der Waals surface area contributed by atoms with Crippen LogP contribution in [-0.2, 0) is 0 Å². The Hall–Kier alpha value is -1.42. The molecule has 0 fully saturated rings. The Morgan fingerprint density at radius 2 is 1.88 bits per heavy atom. The third-order valence-electron chi connectivity index (χ3n) is 2.12. The number of methoxy groups -OCH3 is 2. The number of ether oxygens (including phenoxy) is 2. The minimum Gasteiger partial charge on any atom is -0.507 e. The zero-order valence-electron chi connectivity index (χ0n) is 9.12. The molecule has 88 valence electrons. The van der Waals surface area contributed by atoms with Crippen LogP contribution in [0, 0.1) is 0 Å². The van der Waals surface area contributed by atoms with E-state index in [9.17, 15) is 9.90 Å². The molecule has 0 bridgehead atoms. The SMILES string of the molecule is COc1cc(O)c(C(=O)CCCl)cc1OC. The number of Topliss-reactive ketones (excluding diaryl/α,β-unsaturated/α-hetero) is 1. The van der Waals surface area contributed by atoms with Crippen LogP contribution in [0.1, 0.15) is 16.8 Å². The number of hydrogen-bond acceptors (Lipinski definition) is 4. The molecule has 4 nitrogen and oxygen atoms in total. The first-order valence-electron chi connectivity index (χ1n) is 4.68. The van der Waals surface area contributed by atoms with Crippen molar-refractivity contribution in [3.8, 4) is 17.2 Å². The van der Waals surface area contributed by atoms with E-state index in [1.807, 2.05) is 0 Å². The van der Waals surface area contributed by atoms with E-state index in [-0.39, 0.29) is 29.4 Å². The highest BCUT2D eigenvalue weighted by atomic mass is 35.5. The molecule has 1 rings (SSSR count). The topological polar surface area (TPSA) is 55.8 Å². The number of halogens is 1. The lowest BCUT2D eigenvalue weighted by Gasteiger charge is -2.10. The lowest BCUT2D eigenvalue weighted by molar-refractivity contribution is 0.0986. The van der Waals surface area contributed by atoms with Crippen LogP contribution in [0.3, 0.4) is 0 Å². The van der Waals surface area contributed by atoms with Gasteiger partial charge in [-0.1, -0.05) is 0 Å². The van der Waals surface area contributed by atoms with Crippen LogP contribution in [0.4, 0.5) is 0 Å². The molecule has 0 heterocycles.